The predicted octanol–water partition coefficient (Wildman–Crippen LogP) is -1.43. The molecule has 0 aromatic heterocycles. The Hall–Kier alpha value is -1.81. The molecule has 0 fully saturated rings. The molecule has 9 nitrogen and oxygen atoms in total. The molecule has 6 N–H and O–H groups in total. The maximum atomic E-state index is 11.9. The lowest BCUT2D eigenvalue weighted by molar-refractivity contribution is -0.142. The molecule has 0 rings (SSSR count). The molecule has 22 heavy (non-hydrogen) atoms. The molecule has 0 saturated heterocycles. The van der Waals surface area contributed by atoms with E-state index in [1.807, 2.05) is 0 Å². The van der Waals surface area contributed by atoms with Gasteiger partial charge in [-0.15, -0.1) is 0 Å². The van der Waals surface area contributed by atoms with Gasteiger partial charge >= 0.3 is 11.9 Å². The number of aliphatic carboxylic acids is 2. The van der Waals surface area contributed by atoms with Gasteiger partial charge in [-0.3, -0.25) is 14.4 Å². The first-order valence-corrected chi connectivity index (χ1v) is 7.27. The summed E-state index contributed by atoms with van der Waals surface area (Å²) in [5.41, 5.74) is 5.27. The fraction of sp³-hybridized carbons (Fsp3) is 0.667. The van der Waals surface area contributed by atoms with Crippen LogP contribution in [-0.2, 0) is 19.2 Å². The molecule has 0 aromatic carbocycles. The smallest absolute Gasteiger partial charge is 0.326 e. The highest BCUT2D eigenvalue weighted by Crippen LogP contribution is 1.99. The number of thiol groups is 1. The molecule has 3 atom stereocenters. The van der Waals surface area contributed by atoms with E-state index >= 15 is 0 Å². The molecular formula is C12H21N3O6S. The van der Waals surface area contributed by atoms with Gasteiger partial charge < -0.3 is 26.6 Å². The second-order valence-electron chi connectivity index (χ2n) is 4.59. The van der Waals surface area contributed by atoms with Gasteiger partial charge in [0.25, 0.3) is 0 Å². The summed E-state index contributed by atoms with van der Waals surface area (Å²) in [6.45, 7) is 1.60. The van der Waals surface area contributed by atoms with Crippen LogP contribution >= 0.6 is 12.6 Å². The highest BCUT2D eigenvalue weighted by molar-refractivity contribution is 7.80. The summed E-state index contributed by atoms with van der Waals surface area (Å²) in [5, 5.41) is 22.1. The topological polar surface area (TPSA) is 159 Å². The second-order valence-corrected chi connectivity index (χ2v) is 4.96. The van der Waals surface area contributed by atoms with Crippen LogP contribution < -0.4 is 16.4 Å². The van der Waals surface area contributed by atoms with Gasteiger partial charge in [0, 0.05) is 12.2 Å². The van der Waals surface area contributed by atoms with Crippen molar-refractivity contribution in [2.45, 2.75) is 44.3 Å². The average Bonchev–Trinajstić information content (AvgIpc) is 2.46. The van der Waals surface area contributed by atoms with Crippen molar-refractivity contribution in [2.75, 3.05) is 5.75 Å². The number of carbonyl (C=O) groups is 4. The Labute approximate surface area is 133 Å². The monoisotopic (exact) mass is 335 g/mol. The fourth-order valence-electron chi connectivity index (χ4n) is 1.48. The molecule has 0 aliphatic rings. The third-order valence-electron chi connectivity index (χ3n) is 2.86. The van der Waals surface area contributed by atoms with Crippen LogP contribution in [0.5, 0.6) is 0 Å². The van der Waals surface area contributed by atoms with Crippen LogP contribution in [0.2, 0.25) is 0 Å². The highest BCUT2D eigenvalue weighted by Gasteiger charge is 2.24. The van der Waals surface area contributed by atoms with E-state index in [1.165, 1.54) is 0 Å². The zero-order chi connectivity index (χ0) is 17.3. The van der Waals surface area contributed by atoms with Crippen LogP contribution in [0.4, 0.5) is 0 Å². The molecule has 0 saturated carbocycles. The van der Waals surface area contributed by atoms with Gasteiger partial charge in [-0.05, 0) is 12.8 Å². The van der Waals surface area contributed by atoms with E-state index in [2.05, 4.69) is 23.3 Å². The van der Waals surface area contributed by atoms with E-state index in [0.717, 1.165) is 0 Å². The Bertz CT molecular complexity index is 431. The SMILES string of the molecule is CCC(NC(=O)C(CS)NC(=O)CCC(N)C(=O)O)C(=O)O. The van der Waals surface area contributed by atoms with Crippen LogP contribution in [0.15, 0.2) is 0 Å². The zero-order valence-corrected chi connectivity index (χ0v) is 13.0. The summed E-state index contributed by atoms with van der Waals surface area (Å²) < 4.78 is 0. The van der Waals surface area contributed by atoms with E-state index in [-0.39, 0.29) is 25.0 Å². The van der Waals surface area contributed by atoms with Crippen molar-refractivity contribution in [3.63, 3.8) is 0 Å². The summed E-state index contributed by atoms with van der Waals surface area (Å²) in [5.74, 6) is -3.65. The number of rotatable bonds is 10. The molecule has 0 aliphatic carbocycles. The van der Waals surface area contributed by atoms with Gasteiger partial charge in [0.05, 0.1) is 0 Å². The maximum absolute atomic E-state index is 11.9. The third kappa shape index (κ3) is 7.27. The summed E-state index contributed by atoms with van der Waals surface area (Å²) >= 11 is 3.93. The van der Waals surface area contributed by atoms with Crippen molar-refractivity contribution >= 4 is 36.4 Å². The van der Waals surface area contributed by atoms with Crippen LogP contribution in [0, 0.1) is 0 Å². The fourth-order valence-corrected chi connectivity index (χ4v) is 1.74. The molecule has 0 spiro atoms. The minimum atomic E-state index is -1.22. The average molecular weight is 335 g/mol. The number of amides is 2. The summed E-state index contributed by atoms with van der Waals surface area (Å²) in [6.07, 6.45) is -0.0439. The maximum Gasteiger partial charge on any atom is 0.326 e. The summed E-state index contributed by atoms with van der Waals surface area (Å²) in [4.78, 5) is 44.9. The normalized spacial score (nSPS) is 14.5. The van der Waals surface area contributed by atoms with E-state index < -0.39 is 41.9 Å². The van der Waals surface area contributed by atoms with Crippen LogP contribution in [0.1, 0.15) is 26.2 Å². The van der Waals surface area contributed by atoms with Crippen molar-refractivity contribution in [1.82, 2.24) is 10.6 Å². The zero-order valence-electron chi connectivity index (χ0n) is 12.1. The van der Waals surface area contributed by atoms with Gasteiger partial charge in [0.15, 0.2) is 0 Å². The first kappa shape index (κ1) is 20.2. The molecular weight excluding hydrogens is 314 g/mol. The largest absolute Gasteiger partial charge is 0.480 e. The minimum Gasteiger partial charge on any atom is -0.480 e. The molecule has 2 amide bonds. The van der Waals surface area contributed by atoms with Gasteiger partial charge in [0.2, 0.25) is 11.8 Å². The van der Waals surface area contributed by atoms with E-state index in [4.69, 9.17) is 15.9 Å². The van der Waals surface area contributed by atoms with E-state index in [0.29, 0.717) is 0 Å². The molecule has 126 valence electrons. The van der Waals surface area contributed by atoms with Gasteiger partial charge in [0.1, 0.15) is 18.1 Å². The van der Waals surface area contributed by atoms with Gasteiger partial charge in [-0.1, -0.05) is 6.92 Å². The van der Waals surface area contributed by atoms with Crippen molar-refractivity contribution in [2.24, 2.45) is 5.73 Å². The van der Waals surface area contributed by atoms with E-state index in [1.54, 1.807) is 6.92 Å². The first-order valence-electron chi connectivity index (χ1n) is 6.64. The lowest BCUT2D eigenvalue weighted by atomic mass is 10.1. The van der Waals surface area contributed by atoms with Crippen LogP contribution in [0.25, 0.3) is 0 Å². The van der Waals surface area contributed by atoms with Crippen LogP contribution in [0.3, 0.4) is 0 Å². The molecule has 0 aliphatic heterocycles. The Morgan fingerprint density at radius 2 is 1.68 bits per heavy atom. The quantitative estimate of drug-likeness (QED) is 0.267. The standard InChI is InChI=1S/C12H21N3O6S/c1-2-7(12(20)21)15-10(17)8(5-22)14-9(16)4-3-6(13)11(18)19/h6-8,22H,2-5,13H2,1H3,(H,14,16)(H,15,17)(H,18,19)(H,20,21). The minimum absolute atomic E-state index is 0.0292. The summed E-state index contributed by atoms with van der Waals surface area (Å²) in [7, 11) is 0. The predicted molar refractivity (Wildman–Crippen MR) is 80.5 cm³/mol. The Morgan fingerprint density at radius 3 is 2.09 bits per heavy atom. The van der Waals surface area contributed by atoms with Crippen molar-refractivity contribution < 1.29 is 29.4 Å². The lowest BCUT2D eigenvalue weighted by Gasteiger charge is -2.19. The van der Waals surface area contributed by atoms with E-state index in [9.17, 15) is 19.2 Å². The number of carboxylic acid groups (broad SMARTS) is 2. The summed E-state index contributed by atoms with van der Waals surface area (Å²) in [6, 6.07) is -3.22. The molecule has 0 aromatic rings. The number of nitrogens with one attached hydrogen (secondary N) is 2. The third-order valence-corrected chi connectivity index (χ3v) is 3.22. The molecule has 0 radical (unpaired) electrons. The highest BCUT2D eigenvalue weighted by atomic mass is 32.1. The van der Waals surface area contributed by atoms with Gasteiger partial charge in [-0.25, -0.2) is 4.79 Å². The van der Waals surface area contributed by atoms with Crippen molar-refractivity contribution in [3.8, 4) is 0 Å². The van der Waals surface area contributed by atoms with Crippen molar-refractivity contribution in [3.05, 3.63) is 0 Å². The number of carbonyl (C=O) groups excluding carboxylic acids is 2. The lowest BCUT2D eigenvalue weighted by Crippen LogP contribution is -2.52. The van der Waals surface area contributed by atoms with Crippen LogP contribution in [-0.4, -0.2) is 57.8 Å². The van der Waals surface area contributed by atoms with Crippen molar-refractivity contribution in [1.29, 1.82) is 0 Å². The molecule has 3 unspecified atom stereocenters. The molecule has 0 heterocycles. The molecule has 0 bridgehead atoms. The number of nitrogens with two attached hydrogens (primary N) is 1. The molecule has 10 heteroatoms. The number of carboxylic acids is 2. The Balaban J connectivity index is 4.45. The number of hydrogen-bond donors (Lipinski definition) is 6. The second kappa shape index (κ2) is 10.0. The van der Waals surface area contributed by atoms with Gasteiger partial charge in [-0.2, -0.15) is 12.6 Å². The Morgan fingerprint density at radius 1 is 1.09 bits per heavy atom. The first-order chi connectivity index (χ1) is 10.2. The number of hydrogen-bond acceptors (Lipinski definition) is 6. The Kier molecular flexibility index (Phi) is 9.18.